The van der Waals surface area contributed by atoms with Crippen LogP contribution in [0.25, 0.3) is 0 Å². The fraction of sp³-hybridized carbons (Fsp3) is 0.600. The lowest BCUT2D eigenvalue weighted by molar-refractivity contribution is 0.0799. The summed E-state index contributed by atoms with van der Waals surface area (Å²) in [6, 6.07) is 1.89. The molecule has 0 aliphatic carbocycles. The van der Waals surface area contributed by atoms with Crippen LogP contribution in [-0.2, 0) is 4.74 Å². The Balaban J connectivity index is 2.56. The molecule has 0 fully saturated rings. The highest BCUT2D eigenvalue weighted by Crippen LogP contribution is 2.02. The standard InChI is InChI=1S/C10H16N2O2/c1-4-14-6-5-10(13)12-9(3)7-8(2)11-12/h7H,4-6H2,1-3H3. The first-order valence-corrected chi connectivity index (χ1v) is 4.79. The number of rotatable bonds is 4. The Morgan fingerprint density at radius 2 is 2.29 bits per heavy atom. The van der Waals surface area contributed by atoms with Crippen molar-refractivity contribution in [3.63, 3.8) is 0 Å². The number of hydrogen-bond donors (Lipinski definition) is 0. The van der Waals surface area contributed by atoms with Crippen molar-refractivity contribution in [2.75, 3.05) is 13.2 Å². The highest BCUT2D eigenvalue weighted by atomic mass is 16.5. The molecule has 0 aliphatic heterocycles. The summed E-state index contributed by atoms with van der Waals surface area (Å²) in [5.41, 5.74) is 1.75. The van der Waals surface area contributed by atoms with E-state index in [9.17, 15) is 4.79 Å². The van der Waals surface area contributed by atoms with E-state index < -0.39 is 0 Å². The topological polar surface area (TPSA) is 44.1 Å². The van der Waals surface area contributed by atoms with Gasteiger partial charge in [0.1, 0.15) is 0 Å². The van der Waals surface area contributed by atoms with E-state index in [0.717, 1.165) is 11.4 Å². The van der Waals surface area contributed by atoms with Crippen LogP contribution in [0.1, 0.15) is 29.5 Å². The molecule has 0 saturated carbocycles. The lowest BCUT2D eigenvalue weighted by Crippen LogP contribution is -2.16. The number of nitrogens with zero attached hydrogens (tertiary/aromatic N) is 2. The highest BCUT2D eigenvalue weighted by Gasteiger charge is 2.09. The van der Waals surface area contributed by atoms with Gasteiger partial charge in [-0.3, -0.25) is 4.79 Å². The maximum Gasteiger partial charge on any atom is 0.249 e. The largest absolute Gasteiger partial charge is 0.381 e. The number of carbonyl (C=O) groups is 1. The zero-order chi connectivity index (χ0) is 10.6. The van der Waals surface area contributed by atoms with Crippen molar-refractivity contribution in [1.82, 2.24) is 9.78 Å². The van der Waals surface area contributed by atoms with Gasteiger partial charge in [0.2, 0.25) is 5.91 Å². The molecule has 4 heteroatoms. The number of aryl methyl sites for hydroxylation is 2. The van der Waals surface area contributed by atoms with Gasteiger partial charge in [0.25, 0.3) is 0 Å². The molecule has 1 aromatic rings. The smallest absolute Gasteiger partial charge is 0.249 e. The summed E-state index contributed by atoms with van der Waals surface area (Å²) in [4.78, 5) is 11.6. The summed E-state index contributed by atoms with van der Waals surface area (Å²) in [5.74, 6) is -0.0101. The van der Waals surface area contributed by atoms with E-state index in [0.29, 0.717) is 19.6 Å². The zero-order valence-corrected chi connectivity index (χ0v) is 8.91. The van der Waals surface area contributed by atoms with Crippen LogP contribution in [0, 0.1) is 13.8 Å². The lowest BCUT2D eigenvalue weighted by atomic mass is 10.4. The quantitative estimate of drug-likeness (QED) is 0.686. The van der Waals surface area contributed by atoms with Gasteiger partial charge in [0.15, 0.2) is 0 Å². The van der Waals surface area contributed by atoms with Crippen LogP contribution < -0.4 is 0 Å². The van der Waals surface area contributed by atoms with E-state index in [2.05, 4.69) is 5.10 Å². The second-order valence-electron chi connectivity index (χ2n) is 3.18. The van der Waals surface area contributed by atoms with Crippen molar-refractivity contribution in [3.05, 3.63) is 17.5 Å². The molecule has 0 saturated heterocycles. The minimum atomic E-state index is -0.0101. The maximum absolute atomic E-state index is 11.6. The summed E-state index contributed by atoms with van der Waals surface area (Å²) >= 11 is 0. The van der Waals surface area contributed by atoms with Gasteiger partial charge in [-0.1, -0.05) is 0 Å². The Morgan fingerprint density at radius 1 is 1.57 bits per heavy atom. The van der Waals surface area contributed by atoms with Crippen molar-refractivity contribution in [2.45, 2.75) is 27.2 Å². The van der Waals surface area contributed by atoms with Crippen molar-refractivity contribution in [3.8, 4) is 0 Å². The Hall–Kier alpha value is -1.16. The summed E-state index contributed by atoms with van der Waals surface area (Å²) in [6.45, 7) is 6.77. The minimum absolute atomic E-state index is 0.0101. The first kappa shape index (κ1) is 10.9. The molecule has 4 nitrogen and oxygen atoms in total. The maximum atomic E-state index is 11.6. The predicted octanol–water partition coefficient (Wildman–Crippen LogP) is 1.57. The molecule has 0 atom stereocenters. The third-order valence-corrected chi connectivity index (χ3v) is 1.91. The molecule has 1 rings (SSSR count). The number of carbonyl (C=O) groups excluding carboxylic acids is 1. The normalized spacial score (nSPS) is 10.5. The van der Waals surface area contributed by atoms with Crippen LogP contribution >= 0.6 is 0 Å². The average molecular weight is 196 g/mol. The van der Waals surface area contributed by atoms with Gasteiger partial charge in [0.05, 0.1) is 18.7 Å². The summed E-state index contributed by atoms with van der Waals surface area (Å²) in [6.07, 6.45) is 0.385. The highest BCUT2D eigenvalue weighted by molar-refractivity contribution is 5.78. The van der Waals surface area contributed by atoms with Crippen LogP contribution in [0.4, 0.5) is 0 Å². The Bertz CT molecular complexity index is 318. The zero-order valence-electron chi connectivity index (χ0n) is 8.91. The molecule has 1 aromatic heterocycles. The van der Waals surface area contributed by atoms with Gasteiger partial charge in [-0.2, -0.15) is 5.10 Å². The van der Waals surface area contributed by atoms with Crippen molar-refractivity contribution in [1.29, 1.82) is 0 Å². The van der Waals surface area contributed by atoms with Gasteiger partial charge >= 0.3 is 0 Å². The summed E-state index contributed by atoms with van der Waals surface area (Å²) in [5, 5.41) is 4.10. The Labute approximate surface area is 83.9 Å². The Kier molecular flexibility index (Phi) is 3.83. The fourth-order valence-corrected chi connectivity index (χ4v) is 1.29. The molecule has 1 heterocycles. The van der Waals surface area contributed by atoms with Gasteiger partial charge in [-0.15, -0.1) is 0 Å². The van der Waals surface area contributed by atoms with Crippen molar-refractivity contribution < 1.29 is 9.53 Å². The van der Waals surface area contributed by atoms with E-state index in [4.69, 9.17) is 4.74 Å². The second-order valence-corrected chi connectivity index (χ2v) is 3.18. The molecular weight excluding hydrogens is 180 g/mol. The van der Waals surface area contributed by atoms with E-state index in [1.807, 2.05) is 26.8 Å². The predicted molar refractivity (Wildman–Crippen MR) is 53.4 cm³/mol. The molecule has 0 aromatic carbocycles. The third-order valence-electron chi connectivity index (χ3n) is 1.91. The van der Waals surface area contributed by atoms with Gasteiger partial charge in [-0.25, -0.2) is 4.68 Å². The molecule has 0 bridgehead atoms. The number of hydrogen-bond acceptors (Lipinski definition) is 3. The van der Waals surface area contributed by atoms with Gasteiger partial charge in [-0.05, 0) is 26.8 Å². The molecule has 0 unspecified atom stereocenters. The first-order chi connectivity index (χ1) is 6.65. The summed E-state index contributed by atoms with van der Waals surface area (Å²) in [7, 11) is 0. The van der Waals surface area contributed by atoms with Crippen LogP contribution in [0.3, 0.4) is 0 Å². The van der Waals surface area contributed by atoms with E-state index in [1.54, 1.807) is 0 Å². The average Bonchev–Trinajstić information content (AvgIpc) is 2.45. The van der Waals surface area contributed by atoms with E-state index in [1.165, 1.54) is 4.68 Å². The van der Waals surface area contributed by atoms with Crippen LogP contribution in [0.2, 0.25) is 0 Å². The summed E-state index contributed by atoms with van der Waals surface area (Å²) < 4.78 is 6.55. The molecule has 0 N–H and O–H groups in total. The monoisotopic (exact) mass is 196 g/mol. The van der Waals surface area contributed by atoms with Crippen molar-refractivity contribution >= 4 is 5.91 Å². The molecule has 0 aliphatic rings. The first-order valence-electron chi connectivity index (χ1n) is 4.79. The molecule has 78 valence electrons. The fourth-order valence-electron chi connectivity index (χ4n) is 1.29. The van der Waals surface area contributed by atoms with Gasteiger partial charge < -0.3 is 4.74 Å². The third kappa shape index (κ3) is 2.67. The van der Waals surface area contributed by atoms with Gasteiger partial charge in [0, 0.05) is 12.3 Å². The lowest BCUT2D eigenvalue weighted by Gasteiger charge is -2.02. The SMILES string of the molecule is CCOCCC(=O)n1nc(C)cc1C. The molecule has 0 amide bonds. The van der Waals surface area contributed by atoms with Crippen LogP contribution in [-0.4, -0.2) is 28.9 Å². The molecule has 0 spiro atoms. The number of ether oxygens (including phenoxy) is 1. The van der Waals surface area contributed by atoms with Crippen molar-refractivity contribution in [2.24, 2.45) is 0 Å². The second kappa shape index (κ2) is 4.91. The van der Waals surface area contributed by atoms with E-state index in [-0.39, 0.29) is 5.91 Å². The van der Waals surface area contributed by atoms with Crippen LogP contribution in [0.15, 0.2) is 6.07 Å². The van der Waals surface area contributed by atoms with Crippen LogP contribution in [0.5, 0.6) is 0 Å². The molecule has 0 radical (unpaired) electrons. The molecule has 14 heavy (non-hydrogen) atoms. The van der Waals surface area contributed by atoms with E-state index >= 15 is 0 Å². The molecular formula is C10H16N2O2. The number of aromatic nitrogens is 2. The minimum Gasteiger partial charge on any atom is -0.381 e. The Morgan fingerprint density at radius 3 is 2.79 bits per heavy atom.